The smallest absolute Gasteiger partial charge is 0.267 e. The highest BCUT2D eigenvalue weighted by Gasteiger charge is 2.38. The van der Waals surface area contributed by atoms with Gasteiger partial charge in [0.25, 0.3) is 11.8 Å². The third kappa shape index (κ3) is 2.40. The molecule has 5 heteroatoms. The van der Waals surface area contributed by atoms with Crippen LogP contribution in [0.15, 0.2) is 60.2 Å². The van der Waals surface area contributed by atoms with Gasteiger partial charge in [0.2, 0.25) is 0 Å². The number of rotatable bonds is 3. The molecule has 2 aromatic rings. The molecule has 0 fully saturated rings. The predicted octanol–water partition coefficient (Wildman–Crippen LogP) is 2.91. The van der Waals surface area contributed by atoms with Gasteiger partial charge in [-0.25, -0.2) is 4.90 Å². The number of carbonyl (C=O) groups excluding carboxylic acids is 2. The molecule has 120 valence electrons. The minimum atomic E-state index is -0.455. The number of hydrogen-bond donors (Lipinski definition) is 2. The molecule has 24 heavy (non-hydrogen) atoms. The van der Waals surface area contributed by atoms with Crippen LogP contribution in [-0.4, -0.2) is 29.6 Å². The van der Waals surface area contributed by atoms with E-state index in [-0.39, 0.29) is 5.84 Å². The molecule has 3 rings (SSSR count). The molecule has 2 N–H and O–H groups in total. The number of imide groups is 1. The summed E-state index contributed by atoms with van der Waals surface area (Å²) >= 11 is 0. The van der Waals surface area contributed by atoms with Gasteiger partial charge < -0.3 is 5.32 Å². The Morgan fingerprint density at radius 1 is 0.917 bits per heavy atom. The molecular weight excluding hydrogens is 302 g/mol. The molecule has 0 atom stereocenters. The Morgan fingerprint density at radius 2 is 1.42 bits per heavy atom. The largest absolute Gasteiger partial charge is 0.387 e. The standard InChI is InChI=1S/C19H17N3O2/c1-12(16(21-2)13-8-4-3-5-9-13)17(20)22-18(23)14-10-6-7-11-15(14)19(22)24/h3-11,20-21H,1-2H3/b16-12-,20-17?. The molecule has 1 aliphatic rings. The van der Waals surface area contributed by atoms with E-state index in [0.29, 0.717) is 22.4 Å². The molecule has 2 aromatic carbocycles. The van der Waals surface area contributed by atoms with Gasteiger partial charge in [-0.15, -0.1) is 0 Å². The summed E-state index contributed by atoms with van der Waals surface area (Å²) in [4.78, 5) is 26.0. The Morgan fingerprint density at radius 3 is 1.92 bits per heavy atom. The number of nitrogens with one attached hydrogen (secondary N) is 2. The zero-order chi connectivity index (χ0) is 17.3. The van der Waals surface area contributed by atoms with Crippen LogP contribution in [0.25, 0.3) is 5.70 Å². The quantitative estimate of drug-likeness (QED) is 0.519. The van der Waals surface area contributed by atoms with E-state index in [4.69, 9.17) is 5.41 Å². The zero-order valence-corrected chi connectivity index (χ0v) is 13.5. The zero-order valence-electron chi connectivity index (χ0n) is 13.5. The number of benzene rings is 2. The van der Waals surface area contributed by atoms with Crippen molar-refractivity contribution in [3.8, 4) is 0 Å². The monoisotopic (exact) mass is 319 g/mol. The summed E-state index contributed by atoms with van der Waals surface area (Å²) in [5.41, 5.74) is 2.80. The summed E-state index contributed by atoms with van der Waals surface area (Å²) < 4.78 is 0. The highest BCUT2D eigenvalue weighted by Crippen LogP contribution is 2.26. The van der Waals surface area contributed by atoms with E-state index >= 15 is 0 Å². The number of fused-ring (bicyclic) bond motifs is 1. The molecule has 1 aliphatic heterocycles. The van der Waals surface area contributed by atoms with Crippen LogP contribution in [0.1, 0.15) is 33.2 Å². The van der Waals surface area contributed by atoms with Crippen LogP contribution in [0.5, 0.6) is 0 Å². The highest BCUT2D eigenvalue weighted by atomic mass is 16.2. The van der Waals surface area contributed by atoms with E-state index < -0.39 is 11.8 Å². The maximum absolute atomic E-state index is 12.5. The maximum atomic E-state index is 12.5. The minimum Gasteiger partial charge on any atom is -0.387 e. The summed E-state index contributed by atoms with van der Waals surface area (Å²) in [6, 6.07) is 16.1. The number of carbonyl (C=O) groups is 2. The van der Waals surface area contributed by atoms with E-state index in [1.54, 1.807) is 38.2 Å². The van der Waals surface area contributed by atoms with Crippen molar-refractivity contribution in [3.63, 3.8) is 0 Å². The van der Waals surface area contributed by atoms with E-state index in [1.165, 1.54) is 0 Å². The van der Waals surface area contributed by atoms with Crippen LogP contribution in [0.3, 0.4) is 0 Å². The van der Waals surface area contributed by atoms with Crippen LogP contribution in [0.2, 0.25) is 0 Å². The summed E-state index contributed by atoms with van der Waals surface area (Å²) in [5.74, 6) is -1.03. The predicted molar refractivity (Wildman–Crippen MR) is 92.8 cm³/mol. The molecule has 0 aromatic heterocycles. The van der Waals surface area contributed by atoms with Crippen molar-refractivity contribution in [1.82, 2.24) is 10.2 Å². The number of amides is 2. The van der Waals surface area contributed by atoms with Gasteiger partial charge in [0.1, 0.15) is 5.84 Å². The molecule has 1 heterocycles. The van der Waals surface area contributed by atoms with Gasteiger partial charge in [0.15, 0.2) is 0 Å². The minimum absolute atomic E-state index is 0.116. The topological polar surface area (TPSA) is 73.3 Å². The lowest BCUT2D eigenvalue weighted by Crippen LogP contribution is -2.37. The summed E-state index contributed by atoms with van der Waals surface area (Å²) in [7, 11) is 1.75. The van der Waals surface area contributed by atoms with Crippen molar-refractivity contribution in [2.24, 2.45) is 0 Å². The molecule has 0 unspecified atom stereocenters. The third-order valence-electron chi connectivity index (χ3n) is 4.06. The molecule has 0 saturated heterocycles. The van der Waals surface area contributed by atoms with Crippen molar-refractivity contribution in [2.75, 3.05) is 7.05 Å². The van der Waals surface area contributed by atoms with Gasteiger partial charge >= 0.3 is 0 Å². The first-order valence-electron chi connectivity index (χ1n) is 7.57. The van der Waals surface area contributed by atoms with Crippen molar-refractivity contribution in [1.29, 1.82) is 5.41 Å². The van der Waals surface area contributed by atoms with Gasteiger partial charge in [-0.05, 0) is 24.6 Å². The molecule has 0 spiro atoms. The second kappa shape index (κ2) is 6.12. The van der Waals surface area contributed by atoms with Crippen molar-refractivity contribution >= 4 is 23.3 Å². The lowest BCUT2D eigenvalue weighted by Gasteiger charge is -2.19. The molecular formula is C19H17N3O2. The van der Waals surface area contributed by atoms with E-state index in [0.717, 1.165) is 10.5 Å². The molecule has 0 aliphatic carbocycles. The highest BCUT2D eigenvalue weighted by molar-refractivity contribution is 6.32. The third-order valence-corrected chi connectivity index (χ3v) is 4.06. The van der Waals surface area contributed by atoms with Crippen LogP contribution >= 0.6 is 0 Å². The Balaban J connectivity index is 2.02. The second-order valence-corrected chi connectivity index (χ2v) is 5.46. The average molecular weight is 319 g/mol. The fourth-order valence-corrected chi connectivity index (χ4v) is 2.83. The van der Waals surface area contributed by atoms with Crippen molar-refractivity contribution < 1.29 is 9.59 Å². The normalized spacial score (nSPS) is 14.3. The fraction of sp³-hybridized carbons (Fsp3) is 0.105. The van der Waals surface area contributed by atoms with Gasteiger partial charge in [-0.1, -0.05) is 42.5 Å². The average Bonchev–Trinajstić information content (AvgIpc) is 2.87. The van der Waals surface area contributed by atoms with Gasteiger partial charge in [-0.3, -0.25) is 15.0 Å². The van der Waals surface area contributed by atoms with Crippen LogP contribution in [0.4, 0.5) is 0 Å². The summed E-state index contributed by atoms with van der Waals surface area (Å²) in [5, 5.41) is 11.5. The fourth-order valence-electron chi connectivity index (χ4n) is 2.83. The Hall–Kier alpha value is -3.21. The molecule has 5 nitrogen and oxygen atoms in total. The van der Waals surface area contributed by atoms with E-state index in [9.17, 15) is 9.59 Å². The maximum Gasteiger partial charge on any atom is 0.267 e. The molecule has 0 radical (unpaired) electrons. The summed E-state index contributed by atoms with van der Waals surface area (Å²) in [6.07, 6.45) is 0. The SMILES string of the molecule is CN/C(=C(/C)C(=N)N1C(=O)c2ccccc2C1=O)c1ccccc1. The van der Waals surface area contributed by atoms with Gasteiger partial charge in [0, 0.05) is 18.3 Å². The van der Waals surface area contributed by atoms with E-state index in [1.807, 2.05) is 30.3 Å². The van der Waals surface area contributed by atoms with Crippen LogP contribution < -0.4 is 5.32 Å². The van der Waals surface area contributed by atoms with Crippen LogP contribution in [0, 0.1) is 5.41 Å². The Labute approximate surface area is 140 Å². The van der Waals surface area contributed by atoms with Crippen molar-refractivity contribution in [2.45, 2.75) is 6.92 Å². The number of hydrogen-bond acceptors (Lipinski definition) is 4. The Kier molecular flexibility index (Phi) is 4.00. The molecule has 0 saturated carbocycles. The Bertz CT molecular complexity index is 834. The first-order chi connectivity index (χ1) is 11.6. The number of nitrogens with zero attached hydrogens (tertiary/aromatic N) is 1. The molecule has 0 bridgehead atoms. The van der Waals surface area contributed by atoms with Crippen molar-refractivity contribution in [3.05, 3.63) is 76.9 Å². The second-order valence-electron chi connectivity index (χ2n) is 5.46. The first kappa shape index (κ1) is 15.7. The van der Waals surface area contributed by atoms with Gasteiger partial charge in [0.05, 0.1) is 11.1 Å². The first-order valence-corrected chi connectivity index (χ1v) is 7.57. The number of amidine groups is 1. The van der Waals surface area contributed by atoms with Gasteiger partial charge in [-0.2, -0.15) is 0 Å². The summed E-state index contributed by atoms with van der Waals surface area (Å²) in [6.45, 7) is 1.73. The lowest BCUT2D eigenvalue weighted by atomic mass is 10.1. The van der Waals surface area contributed by atoms with Crippen LogP contribution in [-0.2, 0) is 0 Å². The molecule has 2 amide bonds. The lowest BCUT2D eigenvalue weighted by molar-refractivity contribution is 0.0748. The van der Waals surface area contributed by atoms with E-state index in [2.05, 4.69) is 5.32 Å².